The minimum atomic E-state index is -1.63. The summed E-state index contributed by atoms with van der Waals surface area (Å²) in [7, 11) is 0. The van der Waals surface area contributed by atoms with Gasteiger partial charge in [0.05, 0.1) is 18.8 Å². The van der Waals surface area contributed by atoms with Crippen LogP contribution in [0.1, 0.15) is 6.92 Å². The number of rotatable bonds is 3. The third kappa shape index (κ3) is 2.30. The van der Waals surface area contributed by atoms with Gasteiger partial charge in [0.1, 0.15) is 47.8 Å². The molecule has 6 N–H and O–H groups in total. The number of hydrogen-bond acceptors (Lipinski definition) is 10. The van der Waals surface area contributed by atoms with Gasteiger partial charge in [0.2, 0.25) is 6.29 Å². The van der Waals surface area contributed by atoms with Gasteiger partial charge in [-0.2, -0.15) is 0 Å². The Kier molecular flexibility index (Phi) is 3.93. The summed E-state index contributed by atoms with van der Waals surface area (Å²) < 4.78 is 21.8. The van der Waals surface area contributed by atoms with Crippen LogP contribution < -0.4 is 0 Å². The van der Waals surface area contributed by atoms with Crippen molar-refractivity contribution in [1.82, 2.24) is 0 Å². The predicted octanol–water partition coefficient (Wildman–Crippen LogP) is -3.45. The second-order valence-corrected chi connectivity index (χ2v) is 7.17. The van der Waals surface area contributed by atoms with E-state index in [2.05, 4.69) is 0 Å². The Morgan fingerprint density at radius 3 is 2.48 bits per heavy atom. The summed E-state index contributed by atoms with van der Waals surface area (Å²) in [5.74, 6) is -0.808. The van der Waals surface area contributed by atoms with Gasteiger partial charge in [0, 0.05) is 0 Å². The molecule has 0 bridgehead atoms. The fourth-order valence-electron chi connectivity index (χ4n) is 4.17. The summed E-state index contributed by atoms with van der Waals surface area (Å²) in [6.45, 7) is 1.11. The maximum Gasteiger partial charge on any atom is 0.210 e. The number of fused-ring (bicyclic) bond motifs is 3. The van der Waals surface area contributed by atoms with Gasteiger partial charge in [-0.15, -0.1) is 0 Å². The van der Waals surface area contributed by atoms with E-state index in [1.165, 1.54) is 12.3 Å². The minimum Gasteiger partial charge on any atom is -0.472 e. The molecule has 0 amide bonds. The maximum absolute atomic E-state index is 10.8. The second kappa shape index (κ2) is 5.59. The predicted molar refractivity (Wildman–Crippen MR) is 76.6 cm³/mol. The van der Waals surface area contributed by atoms with Crippen molar-refractivity contribution in [3.8, 4) is 0 Å². The molecule has 2 saturated heterocycles. The lowest BCUT2D eigenvalue weighted by Gasteiger charge is -2.45. The fourth-order valence-corrected chi connectivity index (χ4v) is 4.17. The van der Waals surface area contributed by atoms with Crippen molar-refractivity contribution >= 4 is 0 Å². The molecule has 25 heavy (non-hydrogen) atoms. The average molecular weight is 362 g/mol. The third-order valence-corrected chi connectivity index (χ3v) is 5.70. The molecule has 0 aromatic rings. The first-order chi connectivity index (χ1) is 11.7. The fraction of sp³-hybridized carbons (Fsp3) is 0.867. The second-order valence-electron chi connectivity index (χ2n) is 7.17. The van der Waals surface area contributed by atoms with Gasteiger partial charge in [0.15, 0.2) is 6.29 Å². The minimum absolute atomic E-state index is 0.574. The molecular weight excluding hydrogens is 340 g/mol. The Morgan fingerprint density at radius 2 is 1.80 bits per heavy atom. The Bertz CT molecular complexity index is 569. The SMILES string of the molecule is C[C@]12O[C@H]1[C@@H](O)[C@]1(O)C=CO[C@H](O[C@@H]3O[C@H](CO)[C@@H](O)[C@H](O)[C@H]3O)C12. The first-order valence-corrected chi connectivity index (χ1v) is 8.11. The van der Waals surface area contributed by atoms with Gasteiger partial charge < -0.3 is 49.6 Å². The highest BCUT2D eigenvalue weighted by Crippen LogP contribution is 2.61. The van der Waals surface area contributed by atoms with Crippen molar-refractivity contribution in [2.24, 2.45) is 5.92 Å². The lowest BCUT2D eigenvalue weighted by molar-refractivity contribution is -0.349. The molecule has 1 aliphatic carbocycles. The molecule has 0 radical (unpaired) electrons. The number of aliphatic hydroxyl groups is 6. The molecule has 1 saturated carbocycles. The van der Waals surface area contributed by atoms with E-state index in [4.69, 9.17) is 18.9 Å². The first-order valence-electron chi connectivity index (χ1n) is 8.11. The molecule has 4 aliphatic rings. The molecule has 3 fully saturated rings. The van der Waals surface area contributed by atoms with Crippen molar-refractivity contribution in [2.75, 3.05) is 6.61 Å². The van der Waals surface area contributed by atoms with E-state index in [1.54, 1.807) is 6.92 Å². The lowest BCUT2D eigenvalue weighted by atomic mass is 9.82. The molecule has 4 rings (SSSR count). The molecule has 1 unspecified atom stereocenters. The molecule has 3 aliphatic heterocycles. The zero-order valence-corrected chi connectivity index (χ0v) is 13.4. The van der Waals surface area contributed by atoms with Crippen LogP contribution in [-0.2, 0) is 18.9 Å². The smallest absolute Gasteiger partial charge is 0.210 e. The standard InChI is InChI=1S/C15H22O10/c1-14-9-13(22-3-2-15(9,21)10(20)11(14)25-14)24-12-8(19)7(18)6(17)5(4-16)23-12/h2-3,5-13,16-21H,4H2,1H3/t5-,6-,7+,8-,9?,10-,11+,12+,13-,14-,15+/m1/s1. The van der Waals surface area contributed by atoms with Crippen LogP contribution in [0.15, 0.2) is 12.3 Å². The summed E-state index contributed by atoms with van der Waals surface area (Å²) >= 11 is 0. The lowest BCUT2D eigenvalue weighted by Crippen LogP contribution is -2.61. The van der Waals surface area contributed by atoms with Crippen LogP contribution in [0.2, 0.25) is 0 Å². The zero-order valence-electron chi connectivity index (χ0n) is 13.4. The van der Waals surface area contributed by atoms with E-state index in [9.17, 15) is 30.6 Å². The van der Waals surface area contributed by atoms with Crippen molar-refractivity contribution in [3.05, 3.63) is 12.3 Å². The van der Waals surface area contributed by atoms with Gasteiger partial charge in [-0.05, 0) is 13.0 Å². The maximum atomic E-state index is 10.8. The third-order valence-electron chi connectivity index (χ3n) is 5.70. The highest BCUT2D eigenvalue weighted by atomic mass is 16.8. The Hall–Kier alpha value is -0.820. The number of epoxide rings is 1. The van der Waals surface area contributed by atoms with Crippen LogP contribution in [0.3, 0.4) is 0 Å². The molecular formula is C15H22O10. The van der Waals surface area contributed by atoms with Crippen LogP contribution in [0.4, 0.5) is 0 Å². The van der Waals surface area contributed by atoms with E-state index in [1.807, 2.05) is 0 Å². The zero-order chi connectivity index (χ0) is 18.1. The van der Waals surface area contributed by atoms with Crippen molar-refractivity contribution in [2.45, 2.75) is 67.3 Å². The molecule has 10 heteroatoms. The number of ether oxygens (including phenoxy) is 4. The van der Waals surface area contributed by atoms with E-state index >= 15 is 0 Å². The number of hydrogen-bond donors (Lipinski definition) is 6. The Morgan fingerprint density at radius 1 is 1.08 bits per heavy atom. The molecule has 0 aromatic carbocycles. The molecule has 11 atom stereocenters. The van der Waals surface area contributed by atoms with E-state index in [0.717, 1.165) is 0 Å². The number of aliphatic hydroxyl groups excluding tert-OH is 5. The van der Waals surface area contributed by atoms with Crippen LogP contribution in [0.25, 0.3) is 0 Å². The van der Waals surface area contributed by atoms with Crippen molar-refractivity contribution in [3.63, 3.8) is 0 Å². The van der Waals surface area contributed by atoms with Gasteiger partial charge in [-0.1, -0.05) is 0 Å². The van der Waals surface area contributed by atoms with E-state index < -0.39 is 72.9 Å². The van der Waals surface area contributed by atoms with E-state index in [-0.39, 0.29) is 0 Å². The van der Waals surface area contributed by atoms with Gasteiger partial charge >= 0.3 is 0 Å². The molecule has 0 aromatic heterocycles. The molecule has 0 spiro atoms. The quantitative estimate of drug-likeness (QED) is 0.278. The highest BCUT2D eigenvalue weighted by Gasteiger charge is 2.79. The summed E-state index contributed by atoms with van der Waals surface area (Å²) in [4.78, 5) is 0. The molecule has 3 heterocycles. The van der Waals surface area contributed by atoms with E-state index in [0.29, 0.717) is 0 Å². The largest absolute Gasteiger partial charge is 0.472 e. The topological polar surface area (TPSA) is 162 Å². The Balaban J connectivity index is 1.56. The molecule has 142 valence electrons. The van der Waals surface area contributed by atoms with Crippen LogP contribution in [0.5, 0.6) is 0 Å². The average Bonchev–Trinajstić information content (AvgIpc) is 3.22. The van der Waals surface area contributed by atoms with Crippen LogP contribution >= 0.6 is 0 Å². The highest BCUT2D eigenvalue weighted by molar-refractivity contribution is 5.31. The van der Waals surface area contributed by atoms with Crippen LogP contribution in [-0.4, -0.2) is 97.7 Å². The molecule has 10 nitrogen and oxygen atoms in total. The summed E-state index contributed by atoms with van der Waals surface area (Å²) in [5, 5.41) is 60.0. The Labute approximate surface area is 142 Å². The summed E-state index contributed by atoms with van der Waals surface area (Å²) in [5.41, 5.74) is -2.51. The van der Waals surface area contributed by atoms with Gasteiger partial charge in [0.25, 0.3) is 0 Å². The van der Waals surface area contributed by atoms with Gasteiger partial charge in [-0.3, -0.25) is 0 Å². The first kappa shape index (κ1) is 17.6. The van der Waals surface area contributed by atoms with Gasteiger partial charge in [-0.25, -0.2) is 0 Å². The van der Waals surface area contributed by atoms with Crippen molar-refractivity contribution < 1.29 is 49.6 Å². The summed E-state index contributed by atoms with van der Waals surface area (Å²) in [6, 6.07) is 0. The van der Waals surface area contributed by atoms with Crippen molar-refractivity contribution in [1.29, 1.82) is 0 Å². The summed E-state index contributed by atoms with van der Waals surface area (Å²) in [6.07, 6.45) is -7.63. The monoisotopic (exact) mass is 362 g/mol. The van der Waals surface area contributed by atoms with Crippen LogP contribution in [0, 0.1) is 5.92 Å². The normalized spacial score (nSPS) is 59.9.